The molecule has 1 heterocycles. The lowest BCUT2D eigenvalue weighted by Crippen LogP contribution is -2.03. The Morgan fingerprint density at radius 3 is 2.88 bits per heavy atom. The van der Waals surface area contributed by atoms with Gasteiger partial charge in [0.2, 0.25) is 0 Å². The van der Waals surface area contributed by atoms with Gasteiger partial charge in [-0.15, -0.1) is 0 Å². The molecule has 2 rings (SSSR count). The van der Waals surface area contributed by atoms with E-state index in [0.717, 1.165) is 6.54 Å². The van der Waals surface area contributed by atoms with Crippen LogP contribution in [-0.4, -0.2) is 14.9 Å². The zero-order valence-electron chi connectivity index (χ0n) is 9.89. The van der Waals surface area contributed by atoms with Gasteiger partial charge in [-0.25, -0.2) is 4.39 Å². The van der Waals surface area contributed by atoms with E-state index in [2.05, 4.69) is 18.9 Å². The molecular formula is C13H15FN2O. The van der Waals surface area contributed by atoms with Crippen molar-refractivity contribution in [1.82, 2.24) is 9.78 Å². The van der Waals surface area contributed by atoms with Gasteiger partial charge in [-0.05, 0) is 24.1 Å². The summed E-state index contributed by atoms with van der Waals surface area (Å²) in [7, 11) is 0. The quantitative estimate of drug-likeness (QED) is 0.886. The van der Waals surface area contributed by atoms with E-state index in [1.54, 1.807) is 17.1 Å². The van der Waals surface area contributed by atoms with Crippen molar-refractivity contribution >= 4 is 0 Å². The number of benzene rings is 1. The average molecular weight is 234 g/mol. The Morgan fingerprint density at radius 1 is 1.41 bits per heavy atom. The molecule has 90 valence electrons. The second-order valence-electron chi connectivity index (χ2n) is 4.51. The number of hydrogen-bond donors (Lipinski definition) is 1. The van der Waals surface area contributed by atoms with Gasteiger partial charge >= 0.3 is 0 Å². The van der Waals surface area contributed by atoms with Crippen molar-refractivity contribution in [1.29, 1.82) is 0 Å². The highest BCUT2D eigenvalue weighted by atomic mass is 19.1. The minimum absolute atomic E-state index is 0.0537. The SMILES string of the molecule is CC(C)Cn1cc(-c2cc(O)ccc2F)cn1. The molecule has 0 radical (unpaired) electrons. The number of phenolic OH excluding ortho intramolecular Hbond substituents is 1. The van der Waals surface area contributed by atoms with Crippen molar-refractivity contribution in [2.45, 2.75) is 20.4 Å². The Balaban J connectivity index is 2.33. The van der Waals surface area contributed by atoms with Gasteiger partial charge in [0, 0.05) is 23.9 Å². The minimum Gasteiger partial charge on any atom is -0.508 e. The van der Waals surface area contributed by atoms with E-state index in [-0.39, 0.29) is 11.6 Å². The number of hydrogen-bond acceptors (Lipinski definition) is 2. The smallest absolute Gasteiger partial charge is 0.131 e. The van der Waals surface area contributed by atoms with Crippen LogP contribution in [0.4, 0.5) is 4.39 Å². The Kier molecular flexibility index (Phi) is 3.13. The fourth-order valence-corrected chi connectivity index (χ4v) is 1.71. The topological polar surface area (TPSA) is 38.0 Å². The van der Waals surface area contributed by atoms with Gasteiger partial charge in [0.05, 0.1) is 6.20 Å². The summed E-state index contributed by atoms with van der Waals surface area (Å²) in [6, 6.07) is 3.99. The number of nitrogens with zero attached hydrogens (tertiary/aromatic N) is 2. The van der Waals surface area contributed by atoms with Crippen LogP contribution in [0.5, 0.6) is 5.75 Å². The summed E-state index contributed by atoms with van der Waals surface area (Å²) < 4.78 is 15.4. The molecule has 3 nitrogen and oxygen atoms in total. The molecule has 0 saturated heterocycles. The first-order valence-electron chi connectivity index (χ1n) is 5.57. The molecule has 0 bridgehead atoms. The van der Waals surface area contributed by atoms with Crippen molar-refractivity contribution in [3.63, 3.8) is 0 Å². The fourth-order valence-electron chi connectivity index (χ4n) is 1.71. The van der Waals surface area contributed by atoms with Crippen LogP contribution in [0.3, 0.4) is 0 Å². The Labute approximate surface area is 99.5 Å². The first-order valence-corrected chi connectivity index (χ1v) is 5.57. The molecular weight excluding hydrogens is 219 g/mol. The highest BCUT2D eigenvalue weighted by molar-refractivity contribution is 5.64. The van der Waals surface area contributed by atoms with Crippen molar-refractivity contribution in [2.75, 3.05) is 0 Å². The zero-order chi connectivity index (χ0) is 12.4. The van der Waals surface area contributed by atoms with Crippen LogP contribution in [0.2, 0.25) is 0 Å². The van der Waals surface area contributed by atoms with Crippen molar-refractivity contribution in [3.05, 3.63) is 36.4 Å². The maximum atomic E-state index is 13.6. The maximum Gasteiger partial charge on any atom is 0.131 e. The van der Waals surface area contributed by atoms with Crippen LogP contribution < -0.4 is 0 Å². The molecule has 17 heavy (non-hydrogen) atoms. The molecule has 1 N–H and O–H groups in total. The largest absolute Gasteiger partial charge is 0.508 e. The van der Waals surface area contributed by atoms with E-state index >= 15 is 0 Å². The third kappa shape index (κ3) is 2.64. The van der Waals surface area contributed by atoms with Gasteiger partial charge in [-0.3, -0.25) is 4.68 Å². The molecule has 4 heteroatoms. The van der Waals surface area contributed by atoms with E-state index in [1.165, 1.54) is 18.2 Å². The highest BCUT2D eigenvalue weighted by Gasteiger charge is 2.09. The Bertz CT molecular complexity index is 520. The van der Waals surface area contributed by atoms with Crippen molar-refractivity contribution < 1.29 is 9.50 Å². The standard InChI is InChI=1S/C13H15FN2O/c1-9(2)7-16-8-10(6-15-16)12-5-11(17)3-4-13(12)14/h3-6,8-9,17H,7H2,1-2H3. The first-order chi connectivity index (χ1) is 8.06. The van der Waals surface area contributed by atoms with E-state index in [9.17, 15) is 9.50 Å². The minimum atomic E-state index is -0.355. The van der Waals surface area contributed by atoms with Gasteiger partial charge in [0.15, 0.2) is 0 Å². The van der Waals surface area contributed by atoms with E-state index in [0.29, 0.717) is 17.0 Å². The van der Waals surface area contributed by atoms with Gasteiger partial charge < -0.3 is 5.11 Å². The molecule has 0 amide bonds. The van der Waals surface area contributed by atoms with Crippen LogP contribution in [0.1, 0.15) is 13.8 Å². The van der Waals surface area contributed by atoms with E-state index in [1.807, 2.05) is 0 Å². The molecule has 1 aromatic heterocycles. The molecule has 0 fully saturated rings. The van der Waals surface area contributed by atoms with Crippen LogP contribution in [0, 0.1) is 11.7 Å². The second-order valence-corrected chi connectivity index (χ2v) is 4.51. The summed E-state index contributed by atoms with van der Waals surface area (Å²) in [5, 5.41) is 13.5. The summed E-state index contributed by atoms with van der Waals surface area (Å²) >= 11 is 0. The number of rotatable bonds is 3. The van der Waals surface area contributed by atoms with Crippen molar-refractivity contribution in [3.8, 4) is 16.9 Å². The predicted molar refractivity (Wildman–Crippen MR) is 64.1 cm³/mol. The van der Waals surface area contributed by atoms with Gasteiger partial charge in [-0.2, -0.15) is 5.10 Å². The molecule has 0 aliphatic rings. The molecule has 2 aromatic rings. The molecule has 0 atom stereocenters. The van der Waals surface area contributed by atoms with Gasteiger partial charge in [0.25, 0.3) is 0 Å². The van der Waals surface area contributed by atoms with Gasteiger partial charge in [0.1, 0.15) is 11.6 Å². The summed E-state index contributed by atoms with van der Waals surface area (Å²) in [6.45, 7) is 4.98. The average Bonchev–Trinajstić information content (AvgIpc) is 2.69. The lowest BCUT2D eigenvalue weighted by molar-refractivity contribution is 0.473. The first kappa shape index (κ1) is 11.6. The molecule has 0 unspecified atom stereocenters. The second kappa shape index (κ2) is 4.57. The summed E-state index contributed by atoms with van der Waals surface area (Å²) in [5.74, 6) is 0.182. The molecule has 0 saturated carbocycles. The number of aromatic hydroxyl groups is 1. The van der Waals surface area contributed by atoms with Crippen LogP contribution in [-0.2, 0) is 6.54 Å². The fraction of sp³-hybridized carbons (Fsp3) is 0.308. The summed E-state index contributed by atoms with van der Waals surface area (Å²) in [4.78, 5) is 0. The molecule has 1 aromatic carbocycles. The number of halogens is 1. The van der Waals surface area contributed by atoms with E-state index in [4.69, 9.17) is 0 Å². The molecule has 0 aliphatic heterocycles. The Morgan fingerprint density at radius 2 is 2.18 bits per heavy atom. The predicted octanol–water partition coefficient (Wildman–Crippen LogP) is 3.05. The third-order valence-corrected chi connectivity index (χ3v) is 2.45. The summed E-state index contributed by atoms with van der Waals surface area (Å²) in [6.07, 6.45) is 3.40. The molecule has 0 aliphatic carbocycles. The van der Waals surface area contributed by atoms with E-state index < -0.39 is 0 Å². The number of aromatic nitrogens is 2. The normalized spacial score (nSPS) is 11.1. The van der Waals surface area contributed by atoms with Crippen molar-refractivity contribution in [2.24, 2.45) is 5.92 Å². The lowest BCUT2D eigenvalue weighted by atomic mass is 10.1. The van der Waals surface area contributed by atoms with Crippen LogP contribution in [0.15, 0.2) is 30.6 Å². The van der Waals surface area contributed by atoms with Crippen LogP contribution >= 0.6 is 0 Å². The monoisotopic (exact) mass is 234 g/mol. The molecule has 0 spiro atoms. The number of phenols is 1. The summed E-state index contributed by atoms with van der Waals surface area (Å²) in [5.41, 5.74) is 1.05. The Hall–Kier alpha value is -1.84. The third-order valence-electron chi connectivity index (χ3n) is 2.45. The lowest BCUT2D eigenvalue weighted by Gasteiger charge is -2.04. The van der Waals surface area contributed by atoms with Crippen LogP contribution in [0.25, 0.3) is 11.1 Å². The highest BCUT2D eigenvalue weighted by Crippen LogP contribution is 2.26. The maximum absolute atomic E-state index is 13.6. The zero-order valence-corrected chi connectivity index (χ0v) is 9.89. The van der Waals surface area contributed by atoms with Gasteiger partial charge in [-0.1, -0.05) is 13.8 Å².